The zero-order chi connectivity index (χ0) is 12.1. The molecule has 0 atom stereocenters. The molecule has 0 bridgehead atoms. The van der Waals surface area contributed by atoms with E-state index in [0.717, 1.165) is 13.1 Å². The lowest BCUT2D eigenvalue weighted by molar-refractivity contribution is 0.802. The molecule has 0 spiro atoms. The predicted molar refractivity (Wildman–Crippen MR) is 67.8 cm³/mol. The zero-order valence-electron chi connectivity index (χ0n) is 9.50. The lowest BCUT2D eigenvalue weighted by atomic mass is 10.3. The minimum atomic E-state index is 0.568. The van der Waals surface area contributed by atoms with Gasteiger partial charge in [-0.05, 0) is 24.4 Å². The summed E-state index contributed by atoms with van der Waals surface area (Å²) in [5.74, 6) is 0.658. The summed E-state index contributed by atoms with van der Waals surface area (Å²) in [5.41, 5.74) is 0.568. The molecule has 0 amide bonds. The van der Waals surface area contributed by atoms with E-state index in [2.05, 4.69) is 27.2 Å². The highest BCUT2D eigenvalue weighted by molar-refractivity contribution is 7.09. The van der Waals surface area contributed by atoms with Crippen LogP contribution in [0.2, 0.25) is 0 Å². The summed E-state index contributed by atoms with van der Waals surface area (Å²) in [5, 5.41) is 19.0. The Bertz CT molecular complexity index is 516. The lowest BCUT2D eigenvalue weighted by Crippen LogP contribution is -2.23. The molecule has 0 saturated carbocycles. The number of aromatic nitrogens is 2. The van der Waals surface area contributed by atoms with Gasteiger partial charge in [-0.1, -0.05) is 6.07 Å². The number of hydrogen-bond donors (Lipinski definition) is 0. The second-order valence-corrected chi connectivity index (χ2v) is 4.51. The van der Waals surface area contributed by atoms with Crippen molar-refractivity contribution in [1.82, 2.24) is 10.2 Å². The van der Waals surface area contributed by atoms with Gasteiger partial charge in [-0.15, -0.1) is 16.4 Å². The van der Waals surface area contributed by atoms with Crippen molar-refractivity contribution in [1.29, 1.82) is 5.26 Å². The third kappa shape index (κ3) is 2.60. The Kier molecular flexibility index (Phi) is 3.68. The van der Waals surface area contributed by atoms with Crippen molar-refractivity contribution in [3.8, 4) is 6.07 Å². The molecule has 2 aromatic heterocycles. The minimum Gasteiger partial charge on any atom is -0.349 e. The topological polar surface area (TPSA) is 52.8 Å². The van der Waals surface area contributed by atoms with E-state index in [4.69, 9.17) is 5.26 Å². The monoisotopic (exact) mass is 244 g/mol. The second-order valence-electron chi connectivity index (χ2n) is 3.47. The van der Waals surface area contributed by atoms with Gasteiger partial charge < -0.3 is 4.90 Å². The summed E-state index contributed by atoms with van der Waals surface area (Å²) < 4.78 is 0. The van der Waals surface area contributed by atoms with Gasteiger partial charge in [0.05, 0.1) is 18.3 Å². The van der Waals surface area contributed by atoms with Crippen LogP contribution >= 0.6 is 11.3 Å². The van der Waals surface area contributed by atoms with Crippen LogP contribution in [0.25, 0.3) is 0 Å². The molecule has 0 fully saturated rings. The molecular formula is C12H12N4S. The molecule has 0 unspecified atom stereocenters. The highest BCUT2D eigenvalue weighted by Crippen LogP contribution is 2.19. The van der Waals surface area contributed by atoms with E-state index >= 15 is 0 Å². The molecule has 2 rings (SSSR count). The van der Waals surface area contributed by atoms with Gasteiger partial charge in [0, 0.05) is 11.4 Å². The van der Waals surface area contributed by atoms with Gasteiger partial charge in [0.1, 0.15) is 6.07 Å². The third-order valence-corrected chi connectivity index (χ3v) is 3.29. The summed E-state index contributed by atoms with van der Waals surface area (Å²) >= 11 is 1.70. The van der Waals surface area contributed by atoms with E-state index in [-0.39, 0.29) is 0 Å². The van der Waals surface area contributed by atoms with Crippen molar-refractivity contribution in [2.75, 3.05) is 11.4 Å². The summed E-state index contributed by atoms with van der Waals surface area (Å²) in [6, 6.07) is 7.95. The molecule has 0 radical (unpaired) electrons. The maximum Gasteiger partial charge on any atom is 0.169 e. The van der Waals surface area contributed by atoms with Crippen LogP contribution in [0.1, 0.15) is 17.4 Å². The van der Waals surface area contributed by atoms with E-state index in [1.54, 1.807) is 23.6 Å². The molecule has 17 heavy (non-hydrogen) atoms. The van der Waals surface area contributed by atoms with Crippen LogP contribution < -0.4 is 4.90 Å². The van der Waals surface area contributed by atoms with Crippen LogP contribution in [-0.2, 0) is 6.54 Å². The fraction of sp³-hybridized carbons (Fsp3) is 0.250. The van der Waals surface area contributed by atoms with Crippen molar-refractivity contribution in [2.24, 2.45) is 0 Å². The van der Waals surface area contributed by atoms with Gasteiger partial charge in [-0.3, -0.25) is 0 Å². The molecular weight excluding hydrogens is 232 g/mol. The molecule has 2 heterocycles. The van der Waals surface area contributed by atoms with Crippen LogP contribution in [0.15, 0.2) is 29.8 Å². The number of thiophene rings is 1. The van der Waals surface area contributed by atoms with Gasteiger partial charge in [-0.2, -0.15) is 10.4 Å². The molecule has 2 aromatic rings. The summed E-state index contributed by atoms with van der Waals surface area (Å²) in [6.07, 6.45) is 1.54. The Balaban J connectivity index is 2.26. The summed E-state index contributed by atoms with van der Waals surface area (Å²) in [4.78, 5) is 3.30. The molecule has 0 saturated heterocycles. The Morgan fingerprint density at radius 2 is 2.35 bits per heavy atom. The van der Waals surface area contributed by atoms with Crippen LogP contribution in [0.5, 0.6) is 0 Å². The summed E-state index contributed by atoms with van der Waals surface area (Å²) in [6.45, 7) is 3.61. The number of nitrogens with zero attached hydrogens (tertiary/aromatic N) is 4. The normalized spacial score (nSPS) is 9.88. The maximum absolute atomic E-state index is 9.05. The standard InChI is InChI=1S/C12H12N4S/c1-2-16(9-11-4-3-7-17-11)12-10(8-13)5-6-14-15-12/h3-7H,2,9H2,1H3. The molecule has 4 nitrogen and oxygen atoms in total. The minimum absolute atomic E-state index is 0.568. The molecule has 0 aliphatic carbocycles. The maximum atomic E-state index is 9.05. The molecule has 86 valence electrons. The van der Waals surface area contributed by atoms with E-state index in [1.165, 1.54) is 4.88 Å². The first-order chi connectivity index (χ1) is 8.35. The highest BCUT2D eigenvalue weighted by Gasteiger charge is 2.12. The fourth-order valence-electron chi connectivity index (χ4n) is 1.57. The van der Waals surface area contributed by atoms with Gasteiger partial charge in [0.15, 0.2) is 5.82 Å². The van der Waals surface area contributed by atoms with Crippen molar-refractivity contribution >= 4 is 17.2 Å². The summed E-state index contributed by atoms with van der Waals surface area (Å²) in [7, 11) is 0. The number of rotatable bonds is 4. The third-order valence-electron chi connectivity index (χ3n) is 2.43. The first-order valence-corrected chi connectivity index (χ1v) is 6.22. The largest absolute Gasteiger partial charge is 0.349 e. The predicted octanol–water partition coefficient (Wildman–Crippen LogP) is 2.44. The second kappa shape index (κ2) is 5.41. The zero-order valence-corrected chi connectivity index (χ0v) is 10.3. The van der Waals surface area contributed by atoms with Crippen molar-refractivity contribution in [3.05, 3.63) is 40.2 Å². The molecule has 0 aliphatic heterocycles. The quantitative estimate of drug-likeness (QED) is 0.829. The first-order valence-electron chi connectivity index (χ1n) is 5.34. The SMILES string of the molecule is CCN(Cc1cccs1)c1nnccc1C#N. The highest BCUT2D eigenvalue weighted by atomic mass is 32.1. The van der Waals surface area contributed by atoms with Gasteiger partial charge in [0.25, 0.3) is 0 Å². The number of anilines is 1. The number of hydrogen-bond acceptors (Lipinski definition) is 5. The van der Waals surface area contributed by atoms with Crippen LogP contribution in [0.3, 0.4) is 0 Å². The average molecular weight is 244 g/mol. The first kappa shape index (κ1) is 11.6. The van der Waals surface area contributed by atoms with Crippen LogP contribution in [0, 0.1) is 11.3 Å². The molecule has 5 heteroatoms. The van der Waals surface area contributed by atoms with Crippen molar-refractivity contribution < 1.29 is 0 Å². The molecule has 0 N–H and O–H groups in total. The van der Waals surface area contributed by atoms with Crippen molar-refractivity contribution in [3.63, 3.8) is 0 Å². The lowest BCUT2D eigenvalue weighted by Gasteiger charge is -2.21. The Hall–Kier alpha value is -1.93. The Labute approximate surface area is 104 Å². The van der Waals surface area contributed by atoms with E-state index in [1.807, 2.05) is 18.4 Å². The van der Waals surface area contributed by atoms with E-state index in [9.17, 15) is 0 Å². The van der Waals surface area contributed by atoms with Crippen molar-refractivity contribution in [2.45, 2.75) is 13.5 Å². The van der Waals surface area contributed by atoms with E-state index in [0.29, 0.717) is 11.4 Å². The van der Waals surface area contributed by atoms with E-state index < -0.39 is 0 Å². The number of nitriles is 1. The van der Waals surface area contributed by atoms with Gasteiger partial charge in [0.2, 0.25) is 0 Å². The molecule has 0 aliphatic rings. The smallest absolute Gasteiger partial charge is 0.169 e. The Morgan fingerprint density at radius 3 is 3.00 bits per heavy atom. The van der Waals surface area contributed by atoms with Crippen LogP contribution in [0.4, 0.5) is 5.82 Å². The average Bonchev–Trinajstić information content (AvgIpc) is 2.89. The molecule has 0 aromatic carbocycles. The fourth-order valence-corrected chi connectivity index (χ4v) is 2.29. The van der Waals surface area contributed by atoms with Gasteiger partial charge >= 0.3 is 0 Å². The Morgan fingerprint density at radius 1 is 1.47 bits per heavy atom. The van der Waals surface area contributed by atoms with Crippen LogP contribution in [-0.4, -0.2) is 16.7 Å². The van der Waals surface area contributed by atoms with Gasteiger partial charge in [-0.25, -0.2) is 0 Å².